The van der Waals surface area contributed by atoms with Gasteiger partial charge in [-0.2, -0.15) is 0 Å². The minimum atomic E-state index is -0.148. The molecule has 6 aromatic rings. The molecular formula is C41H39Cl2N7O3. The minimum Gasteiger partial charge on any atom is -0.352 e. The molecule has 2 aliphatic heterocycles. The summed E-state index contributed by atoms with van der Waals surface area (Å²) in [5.74, 6) is 0.193. The molecule has 0 radical (unpaired) electrons. The standard InChI is InChI=1S/C41H39Cl2N7O3/c1-49-23-27(19-45-22-29-10-13-38(52)48-29)30-11-8-24(16-35(30)49)31-4-2-6-33(39(31)42)34-7-3-5-32(40(34)43)25-14-15-50-36(17-25)46-20-26(41(50)53)18-44-21-28-9-12-37(51)47-28/h2-8,11,14-17,20,23,28-29,44-45H,9-10,12-13,18-19,21-22H2,1H3,(H,47,51)(H,48,52)/t28-,29+/m0/s1. The Hall–Kier alpha value is -5.00. The van der Waals surface area contributed by atoms with Gasteiger partial charge >= 0.3 is 0 Å². The summed E-state index contributed by atoms with van der Waals surface area (Å²) in [6.07, 6.45) is 8.28. The number of aromatic nitrogens is 3. The molecule has 0 saturated carbocycles. The van der Waals surface area contributed by atoms with E-state index in [1.807, 2.05) is 55.6 Å². The van der Waals surface area contributed by atoms with E-state index in [0.717, 1.165) is 63.7 Å². The summed E-state index contributed by atoms with van der Waals surface area (Å²) in [6, 6.07) is 22.3. The molecule has 3 aromatic carbocycles. The normalized spacial score (nSPS) is 17.2. The van der Waals surface area contributed by atoms with Crippen molar-refractivity contribution < 1.29 is 9.59 Å². The first kappa shape index (κ1) is 35.1. The maximum atomic E-state index is 13.3. The van der Waals surface area contributed by atoms with Gasteiger partial charge in [0, 0.05) is 115 Å². The predicted octanol–water partition coefficient (Wildman–Crippen LogP) is 6.23. The molecule has 2 saturated heterocycles. The lowest BCUT2D eigenvalue weighted by Gasteiger charge is -2.15. The number of rotatable bonds is 11. The van der Waals surface area contributed by atoms with Crippen molar-refractivity contribution in [3.05, 3.63) is 117 Å². The van der Waals surface area contributed by atoms with Crippen LogP contribution in [0.25, 0.3) is 49.9 Å². The van der Waals surface area contributed by atoms with Gasteiger partial charge in [-0.15, -0.1) is 0 Å². The quantitative estimate of drug-likeness (QED) is 0.125. The van der Waals surface area contributed by atoms with Crippen molar-refractivity contribution in [3.8, 4) is 33.4 Å². The number of fused-ring (bicyclic) bond motifs is 2. The van der Waals surface area contributed by atoms with Gasteiger partial charge in [0.05, 0.1) is 10.0 Å². The molecule has 2 amide bonds. The zero-order valence-corrected chi connectivity index (χ0v) is 30.7. The second kappa shape index (κ2) is 14.8. The van der Waals surface area contributed by atoms with Gasteiger partial charge in [-0.1, -0.05) is 71.7 Å². The van der Waals surface area contributed by atoms with Gasteiger partial charge in [0.15, 0.2) is 0 Å². The lowest BCUT2D eigenvalue weighted by Crippen LogP contribution is -2.36. The van der Waals surface area contributed by atoms with E-state index in [-0.39, 0.29) is 29.5 Å². The molecule has 12 heteroatoms. The number of pyridine rings is 1. The maximum Gasteiger partial charge on any atom is 0.262 e. The first-order valence-electron chi connectivity index (χ1n) is 17.9. The minimum absolute atomic E-state index is 0.0662. The number of benzene rings is 3. The predicted molar refractivity (Wildman–Crippen MR) is 210 cm³/mol. The summed E-state index contributed by atoms with van der Waals surface area (Å²) >= 11 is 14.4. The third kappa shape index (κ3) is 7.07. The molecule has 4 N–H and O–H groups in total. The molecule has 2 atom stereocenters. The molecule has 2 aliphatic rings. The van der Waals surface area contributed by atoms with E-state index in [9.17, 15) is 14.4 Å². The highest BCUT2D eigenvalue weighted by atomic mass is 35.5. The number of aryl methyl sites for hydroxylation is 1. The Kier molecular flexibility index (Phi) is 9.78. The summed E-state index contributed by atoms with van der Waals surface area (Å²) in [4.78, 5) is 40.9. The first-order valence-corrected chi connectivity index (χ1v) is 18.7. The van der Waals surface area contributed by atoms with Crippen LogP contribution in [-0.2, 0) is 29.7 Å². The van der Waals surface area contributed by atoms with E-state index < -0.39 is 0 Å². The zero-order valence-electron chi connectivity index (χ0n) is 29.2. The third-order valence-electron chi connectivity index (χ3n) is 10.3. The van der Waals surface area contributed by atoms with E-state index in [4.69, 9.17) is 23.2 Å². The van der Waals surface area contributed by atoms with Crippen molar-refractivity contribution in [2.45, 2.75) is 50.9 Å². The average Bonchev–Trinajstić information content (AvgIpc) is 3.87. The molecular weight excluding hydrogens is 709 g/mol. The van der Waals surface area contributed by atoms with Gasteiger partial charge in [-0.3, -0.25) is 18.8 Å². The summed E-state index contributed by atoms with van der Waals surface area (Å²) in [5, 5.41) is 15.0. The van der Waals surface area contributed by atoms with Crippen molar-refractivity contribution >= 4 is 51.6 Å². The van der Waals surface area contributed by atoms with Gasteiger partial charge in [0.1, 0.15) is 5.65 Å². The number of nitrogens with one attached hydrogen (secondary N) is 4. The molecule has 5 heterocycles. The lowest BCUT2D eigenvalue weighted by molar-refractivity contribution is -0.120. The highest BCUT2D eigenvalue weighted by molar-refractivity contribution is 6.39. The van der Waals surface area contributed by atoms with Gasteiger partial charge in [-0.05, 0) is 47.7 Å². The van der Waals surface area contributed by atoms with E-state index in [0.29, 0.717) is 53.7 Å². The Labute approximate surface area is 316 Å². The van der Waals surface area contributed by atoms with Crippen molar-refractivity contribution in [1.82, 2.24) is 35.2 Å². The highest BCUT2D eigenvalue weighted by Crippen LogP contribution is 2.43. The fraction of sp³-hybridized carbons (Fsp3) is 0.268. The van der Waals surface area contributed by atoms with Crippen LogP contribution in [0, 0.1) is 0 Å². The first-order chi connectivity index (χ1) is 25.7. The van der Waals surface area contributed by atoms with Crippen molar-refractivity contribution in [1.29, 1.82) is 0 Å². The second-order valence-electron chi connectivity index (χ2n) is 13.9. The van der Waals surface area contributed by atoms with Crippen LogP contribution in [0.4, 0.5) is 0 Å². The van der Waals surface area contributed by atoms with E-state index in [1.54, 1.807) is 12.4 Å². The van der Waals surface area contributed by atoms with E-state index in [2.05, 4.69) is 55.2 Å². The van der Waals surface area contributed by atoms with Crippen molar-refractivity contribution in [3.63, 3.8) is 0 Å². The van der Waals surface area contributed by atoms with Gasteiger partial charge < -0.3 is 25.8 Å². The Balaban J connectivity index is 1.03. The van der Waals surface area contributed by atoms with Crippen LogP contribution in [0.3, 0.4) is 0 Å². The number of halogens is 2. The molecule has 2 fully saturated rings. The maximum absolute atomic E-state index is 13.3. The molecule has 0 bridgehead atoms. The van der Waals surface area contributed by atoms with Crippen LogP contribution < -0.4 is 26.8 Å². The smallest absolute Gasteiger partial charge is 0.262 e. The fourth-order valence-electron chi connectivity index (χ4n) is 7.53. The molecule has 0 spiro atoms. The second-order valence-corrected chi connectivity index (χ2v) is 14.7. The largest absolute Gasteiger partial charge is 0.352 e. The van der Waals surface area contributed by atoms with Crippen LogP contribution in [0.1, 0.15) is 36.8 Å². The van der Waals surface area contributed by atoms with Crippen molar-refractivity contribution in [2.24, 2.45) is 7.05 Å². The average molecular weight is 749 g/mol. The Morgan fingerprint density at radius 2 is 1.34 bits per heavy atom. The molecule has 270 valence electrons. The summed E-state index contributed by atoms with van der Waals surface area (Å²) in [5.41, 5.74) is 8.34. The van der Waals surface area contributed by atoms with Crippen LogP contribution in [0.2, 0.25) is 10.0 Å². The molecule has 0 aliphatic carbocycles. The number of hydrogen-bond acceptors (Lipinski definition) is 6. The van der Waals surface area contributed by atoms with Gasteiger partial charge in [-0.25, -0.2) is 4.98 Å². The molecule has 8 rings (SSSR count). The van der Waals surface area contributed by atoms with Crippen LogP contribution in [0.15, 0.2) is 90.1 Å². The highest BCUT2D eigenvalue weighted by Gasteiger charge is 2.22. The Morgan fingerprint density at radius 1 is 0.755 bits per heavy atom. The topological polar surface area (TPSA) is 122 Å². The Morgan fingerprint density at radius 3 is 1.94 bits per heavy atom. The number of carbonyl (C=O) groups excluding carboxylic acids is 2. The SMILES string of the molecule is Cn1cc(CNC[C@H]2CCC(=O)N2)c2ccc(-c3cccc(-c4cccc(-c5ccn6c(=O)c(CNC[C@@H]7CCC(=O)N7)cnc6c5)c4Cl)c3Cl)cc21. The van der Waals surface area contributed by atoms with Crippen molar-refractivity contribution in [2.75, 3.05) is 13.1 Å². The van der Waals surface area contributed by atoms with Gasteiger partial charge in [0.2, 0.25) is 11.8 Å². The molecule has 10 nitrogen and oxygen atoms in total. The monoisotopic (exact) mass is 747 g/mol. The number of amides is 2. The number of nitrogens with zero attached hydrogens (tertiary/aromatic N) is 3. The third-order valence-corrected chi connectivity index (χ3v) is 11.2. The summed E-state index contributed by atoms with van der Waals surface area (Å²) in [7, 11) is 2.05. The van der Waals surface area contributed by atoms with Crippen LogP contribution in [-0.4, -0.2) is 50.9 Å². The zero-order chi connectivity index (χ0) is 36.6. The van der Waals surface area contributed by atoms with E-state index >= 15 is 0 Å². The summed E-state index contributed by atoms with van der Waals surface area (Å²) < 4.78 is 3.67. The number of carbonyl (C=O) groups is 2. The van der Waals surface area contributed by atoms with Crippen LogP contribution >= 0.6 is 23.2 Å². The lowest BCUT2D eigenvalue weighted by atomic mass is 9.95. The fourth-order valence-corrected chi connectivity index (χ4v) is 8.20. The van der Waals surface area contributed by atoms with Gasteiger partial charge in [0.25, 0.3) is 5.56 Å². The molecule has 53 heavy (non-hydrogen) atoms. The molecule has 0 unspecified atom stereocenters. The molecule has 3 aromatic heterocycles. The number of hydrogen-bond donors (Lipinski definition) is 4. The summed E-state index contributed by atoms with van der Waals surface area (Å²) in [6.45, 7) is 2.41. The van der Waals surface area contributed by atoms with Crippen LogP contribution in [0.5, 0.6) is 0 Å². The van der Waals surface area contributed by atoms with E-state index in [1.165, 1.54) is 9.96 Å². The Bertz CT molecular complexity index is 2460.